The number of aromatic amines is 1. The van der Waals surface area contributed by atoms with Crippen LogP contribution in [0.2, 0.25) is 0 Å². The number of thiol groups is 1. The van der Waals surface area contributed by atoms with Gasteiger partial charge in [-0.3, -0.25) is 0 Å². The van der Waals surface area contributed by atoms with E-state index in [0.717, 1.165) is 5.52 Å². The molecule has 0 amide bonds. The maximum Gasteiger partial charge on any atom is 0.176 e. The lowest BCUT2D eigenvalue weighted by Crippen LogP contribution is -1.72. The molecule has 0 unspecified atom stereocenters. The van der Waals surface area contributed by atoms with E-state index in [0.29, 0.717) is 10.7 Å². The topological polar surface area (TPSA) is 28.7 Å². The van der Waals surface area contributed by atoms with Gasteiger partial charge in [0.2, 0.25) is 0 Å². The summed E-state index contributed by atoms with van der Waals surface area (Å²) in [5, 5.41) is 0.680. The van der Waals surface area contributed by atoms with Crippen molar-refractivity contribution in [2.75, 3.05) is 0 Å². The standard InChI is InChI=1S/C7H5FN2S2/c8-4-1-2-5-6(3-4)10-7(9-5)12-11/h1-3,11H,(H,9,10). The lowest BCUT2D eigenvalue weighted by molar-refractivity contribution is 0.629. The zero-order chi connectivity index (χ0) is 8.55. The van der Waals surface area contributed by atoms with Crippen LogP contribution in [0.1, 0.15) is 0 Å². The average Bonchev–Trinajstić information content (AvgIpc) is 2.46. The molecule has 0 atom stereocenters. The molecular formula is C7H5FN2S2. The molecule has 1 aromatic heterocycles. The van der Waals surface area contributed by atoms with Gasteiger partial charge in [0, 0.05) is 0 Å². The number of rotatable bonds is 1. The Morgan fingerprint density at radius 1 is 1.50 bits per heavy atom. The normalized spacial score (nSPS) is 10.8. The summed E-state index contributed by atoms with van der Waals surface area (Å²) in [6.07, 6.45) is 0. The van der Waals surface area contributed by atoms with Gasteiger partial charge in [-0.15, -0.1) is 11.7 Å². The van der Waals surface area contributed by atoms with Crippen molar-refractivity contribution in [2.45, 2.75) is 5.16 Å². The van der Waals surface area contributed by atoms with Gasteiger partial charge in [0.15, 0.2) is 5.16 Å². The monoisotopic (exact) mass is 200 g/mol. The molecule has 0 aliphatic rings. The first-order valence-corrected chi connectivity index (χ1v) is 5.13. The smallest absolute Gasteiger partial charge is 0.176 e. The fourth-order valence-electron chi connectivity index (χ4n) is 1.00. The largest absolute Gasteiger partial charge is 0.332 e. The molecule has 1 N–H and O–H groups in total. The van der Waals surface area contributed by atoms with Crippen LogP contribution in [-0.2, 0) is 0 Å². The predicted molar refractivity (Wildman–Crippen MR) is 50.9 cm³/mol. The van der Waals surface area contributed by atoms with Crippen LogP contribution in [0.4, 0.5) is 4.39 Å². The Bertz CT molecular complexity index is 413. The van der Waals surface area contributed by atoms with Crippen molar-refractivity contribution in [1.82, 2.24) is 9.97 Å². The first kappa shape index (κ1) is 7.94. The Kier molecular flexibility index (Phi) is 1.98. The molecule has 0 radical (unpaired) electrons. The van der Waals surface area contributed by atoms with Crippen LogP contribution < -0.4 is 0 Å². The van der Waals surface area contributed by atoms with Crippen molar-refractivity contribution in [2.24, 2.45) is 0 Å². The van der Waals surface area contributed by atoms with Crippen molar-refractivity contribution in [3.8, 4) is 0 Å². The fourth-order valence-corrected chi connectivity index (χ4v) is 1.56. The molecule has 1 aromatic carbocycles. The van der Waals surface area contributed by atoms with Gasteiger partial charge in [-0.05, 0) is 29.0 Å². The average molecular weight is 200 g/mol. The Hall–Kier alpha value is -0.680. The van der Waals surface area contributed by atoms with Crippen LogP contribution in [0.15, 0.2) is 23.4 Å². The molecule has 0 bridgehead atoms. The third-order valence-electron chi connectivity index (χ3n) is 1.51. The highest BCUT2D eigenvalue weighted by atomic mass is 33.1. The van der Waals surface area contributed by atoms with E-state index >= 15 is 0 Å². The summed E-state index contributed by atoms with van der Waals surface area (Å²) in [6, 6.07) is 4.43. The minimum atomic E-state index is -0.262. The quantitative estimate of drug-likeness (QED) is 0.547. The molecule has 2 aromatic rings. The van der Waals surface area contributed by atoms with Crippen molar-refractivity contribution < 1.29 is 4.39 Å². The zero-order valence-corrected chi connectivity index (χ0v) is 7.62. The van der Waals surface area contributed by atoms with Gasteiger partial charge in [0.05, 0.1) is 11.0 Å². The second kappa shape index (κ2) is 2.99. The summed E-state index contributed by atoms with van der Waals surface area (Å²) >= 11 is 3.98. The summed E-state index contributed by atoms with van der Waals surface area (Å²) in [5.41, 5.74) is 1.46. The Morgan fingerprint density at radius 2 is 2.33 bits per heavy atom. The minimum Gasteiger partial charge on any atom is -0.332 e. The van der Waals surface area contributed by atoms with Crippen LogP contribution in [0.25, 0.3) is 11.0 Å². The van der Waals surface area contributed by atoms with Gasteiger partial charge in [-0.1, -0.05) is 0 Å². The Morgan fingerprint density at radius 3 is 3.08 bits per heavy atom. The number of benzene rings is 1. The molecule has 0 saturated carbocycles. The van der Waals surface area contributed by atoms with Crippen molar-refractivity contribution >= 4 is 33.5 Å². The van der Waals surface area contributed by atoms with E-state index in [1.807, 2.05) is 0 Å². The van der Waals surface area contributed by atoms with E-state index in [1.54, 1.807) is 6.07 Å². The van der Waals surface area contributed by atoms with E-state index in [-0.39, 0.29) is 5.82 Å². The van der Waals surface area contributed by atoms with Crippen molar-refractivity contribution in [3.05, 3.63) is 24.0 Å². The molecule has 5 heteroatoms. The van der Waals surface area contributed by atoms with E-state index in [4.69, 9.17) is 0 Å². The highest BCUT2D eigenvalue weighted by Gasteiger charge is 2.01. The number of halogens is 1. The number of hydrogen-bond donors (Lipinski definition) is 2. The summed E-state index contributed by atoms with van der Waals surface area (Å²) in [5.74, 6) is -0.262. The lowest BCUT2D eigenvalue weighted by atomic mass is 10.3. The maximum atomic E-state index is 12.7. The molecule has 0 aliphatic carbocycles. The third-order valence-corrected chi connectivity index (χ3v) is 2.39. The van der Waals surface area contributed by atoms with Crippen molar-refractivity contribution in [1.29, 1.82) is 0 Å². The first-order valence-electron chi connectivity index (χ1n) is 3.26. The molecule has 1 heterocycles. The van der Waals surface area contributed by atoms with E-state index in [2.05, 4.69) is 21.6 Å². The molecule has 2 rings (SSSR count). The highest BCUT2D eigenvalue weighted by molar-refractivity contribution is 8.68. The van der Waals surface area contributed by atoms with Crippen LogP contribution in [-0.4, -0.2) is 9.97 Å². The van der Waals surface area contributed by atoms with Gasteiger partial charge in [0.1, 0.15) is 5.82 Å². The molecule has 0 spiro atoms. The number of aromatic nitrogens is 2. The van der Waals surface area contributed by atoms with Crippen LogP contribution >= 0.6 is 22.5 Å². The molecular weight excluding hydrogens is 195 g/mol. The Labute approximate surface area is 77.4 Å². The zero-order valence-electron chi connectivity index (χ0n) is 5.91. The summed E-state index contributed by atoms with van der Waals surface area (Å²) < 4.78 is 12.7. The van der Waals surface area contributed by atoms with Gasteiger partial charge < -0.3 is 4.98 Å². The van der Waals surface area contributed by atoms with Gasteiger partial charge in [-0.2, -0.15) is 0 Å². The van der Waals surface area contributed by atoms with E-state index in [9.17, 15) is 4.39 Å². The maximum absolute atomic E-state index is 12.7. The second-order valence-corrected chi connectivity index (χ2v) is 3.41. The number of nitrogens with zero attached hydrogens (tertiary/aromatic N) is 1. The SMILES string of the molecule is Fc1ccc2nc(SS)[nH]c2c1. The number of hydrogen-bond acceptors (Lipinski definition) is 3. The molecule has 2 nitrogen and oxygen atoms in total. The molecule has 0 aliphatic heterocycles. The molecule has 0 saturated heterocycles. The number of fused-ring (bicyclic) bond motifs is 1. The van der Waals surface area contributed by atoms with Gasteiger partial charge in [-0.25, -0.2) is 9.37 Å². The molecule has 0 fully saturated rings. The van der Waals surface area contributed by atoms with Crippen LogP contribution in [0, 0.1) is 5.82 Å². The van der Waals surface area contributed by atoms with E-state index < -0.39 is 0 Å². The summed E-state index contributed by atoms with van der Waals surface area (Å²) in [7, 11) is 1.21. The fraction of sp³-hybridized carbons (Fsp3) is 0. The van der Waals surface area contributed by atoms with Gasteiger partial charge >= 0.3 is 0 Å². The lowest BCUT2D eigenvalue weighted by Gasteiger charge is -1.86. The minimum absolute atomic E-state index is 0.262. The van der Waals surface area contributed by atoms with Crippen LogP contribution in [0.3, 0.4) is 0 Å². The highest BCUT2D eigenvalue weighted by Crippen LogP contribution is 2.21. The number of H-pyrrole nitrogens is 1. The first-order chi connectivity index (χ1) is 5.79. The summed E-state index contributed by atoms with van der Waals surface area (Å²) in [4.78, 5) is 7.06. The molecule has 62 valence electrons. The molecule has 12 heavy (non-hydrogen) atoms. The number of nitrogens with one attached hydrogen (secondary N) is 1. The van der Waals surface area contributed by atoms with Crippen molar-refractivity contribution in [3.63, 3.8) is 0 Å². The van der Waals surface area contributed by atoms with Gasteiger partial charge in [0.25, 0.3) is 0 Å². The van der Waals surface area contributed by atoms with E-state index in [1.165, 1.54) is 22.9 Å². The summed E-state index contributed by atoms with van der Waals surface area (Å²) in [6.45, 7) is 0. The number of imidazole rings is 1. The second-order valence-electron chi connectivity index (χ2n) is 2.29. The third kappa shape index (κ3) is 1.30. The predicted octanol–water partition coefficient (Wildman–Crippen LogP) is 2.64. The van der Waals surface area contributed by atoms with Crippen LogP contribution in [0.5, 0.6) is 0 Å². The Balaban J connectivity index is 2.67.